The SMILES string of the molecule is CCc1cccc(N/C=C/C(=O)c2ccc(C)c(C)c2)c1. The first-order chi connectivity index (χ1) is 10.1. The van der Waals surface area contributed by atoms with Gasteiger partial charge in [0.2, 0.25) is 0 Å². The second-order valence-corrected chi connectivity index (χ2v) is 5.19. The third-order valence-electron chi connectivity index (χ3n) is 3.61. The molecule has 1 N–H and O–H groups in total. The molecule has 0 atom stereocenters. The lowest BCUT2D eigenvalue weighted by Crippen LogP contribution is -1.98. The van der Waals surface area contributed by atoms with E-state index in [-0.39, 0.29) is 5.78 Å². The van der Waals surface area contributed by atoms with E-state index in [2.05, 4.69) is 24.4 Å². The summed E-state index contributed by atoms with van der Waals surface area (Å²) in [5.74, 6) is 0.0113. The van der Waals surface area contributed by atoms with Crippen LogP contribution in [-0.2, 0) is 6.42 Å². The van der Waals surface area contributed by atoms with E-state index < -0.39 is 0 Å². The number of benzene rings is 2. The molecule has 2 aromatic carbocycles. The first kappa shape index (κ1) is 15.0. The zero-order chi connectivity index (χ0) is 15.2. The average molecular weight is 279 g/mol. The number of carbonyl (C=O) groups excluding carboxylic acids is 1. The molecule has 2 heteroatoms. The maximum absolute atomic E-state index is 12.1. The lowest BCUT2D eigenvalue weighted by atomic mass is 10.0. The van der Waals surface area contributed by atoms with Crippen LogP contribution in [0.25, 0.3) is 0 Å². The van der Waals surface area contributed by atoms with E-state index in [1.807, 2.05) is 44.2 Å². The van der Waals surface area contributed by atoms with Crippen molar-refractivity contribution in [3.63, 3.8) is 0 Å². The van der Waals surface area contributed by atoms with Crippen molar-refractivity contribution >= 4 is 11.5 Å². The second kappa shape index (κ2) is 6.89. The van der Waals surface area contributed by atoms with Crippen molar-refractivity contribution in [2.75, 3.05) is 5.32 Å². The molecule has 2 aromatic rings. The minimum atomic E-state index is 0.0113. The summed E-state index contributed by atoms with van der Waals surface area (Å²) in [6, 6.07) is 14.0. The lowest BCUT2D eigenvalue weighted by molar-refractivity contribution is 0.104. The standard InChI is InChI=1S/C19H21NO/c1-4-16-6-5-7-18(13-16)20-11-10-19(21)17-9-8-14(2)15(3)12-17/h5-13,20H,4H2,1-3H3/b11-10+. The Morgan fingerprint density at radius 2 is 1.90 bits per heavy atom. The lowest BCUT2D eigenvalue weighted by Gasteiger charge is -2.04. The van der Waals surface area contributed by atoms with E-state index in [4.69, 9.17) is 0 Å². The van der Waals surface area contributed by atoms with E-state index in [1.54, 1.807) is 12.3 Å². The monoisotopic (exact) mass is 279 g/mol. The maximum atomic E-state index is 12.1. The highest BCUT2D eigenvalue weighted by Crippen LogP contribution is 2.12. The predicted octanol–water partition coefficient (Wildman–Crippen LogP) is 4.67. The van der Waals surface area contributed by atoms with Gasteiger partial charge in [0.1, 0.15) is 0 Å². The van der Waals surface area contributed by atoms with Crippen molar-refractivity contribution < 1.29 is 4.79 Å². The zero-order valence-electron chi connectivity index (χ0n) is 12.8. The number of anilines is 1. The third kappa shape index (κ3) is 4.06. The van der Waals surface area contributed by atoms with Crippen LogP contribution in [0.4, 0.5) is 5.69 Å². The largest absolute Gasteiger partial charge is 0.362 e. The molecule has 0 saturated carbocycles. The highest BCUT2D eigenvalue weighted by atomic mass is 16.1. The Hall–Kier alpha value is -2.35. The Morgan fingerprint density at radius 3 is 2.62 bits per heavy atom. The zero-order valence-corrected chi connectivity index (χ0v) is 12.8. The summed E-state index contributed by atoms with van der Waals surface area (Å²) < 4.78 is 0. The molecule has 0 spiro atoms. The normalized spacial score (nSPS) is 10.8. The van der Waals surface area contributed by atoms with Gasteiger partial charge in [0.25, 0.3) is 0 Å². The Morgan fingerprint density at radius 1 is 1.10 bits per heavy atom. The van der Waals surface area contributed by atoms with Crippen LogP contribution >= 0.6 is 0 Å². The number of hydrogen-bond donors (Lipinski definition) is 1. The maximum Gasteiger partial charge on any atom is 0.187 e. The van der Waals surface area contributed by atoms with E-state index in [9.17, 15) is 4.79 Å². The quantitative estimate of drug-likeness (QED) is 0.636. The van der Waals surface area contributed by atoms with E-state index in [1.165, 1.54) is 11.1 Å². The molecule has 0 bridgehead atoms. The van der Waals surface area contributed by atoms with Gasteiger partial charge in [0.05, 0.1) is 0 Å². The van der Waals surface area contributed by atoms with Gasteiger partial charge < -0.3 is 5.32 Å². The molecule has 0 fully saturated rings. The van der Waals surface area contributed by atoms with Gasteiger partial charge >= 0.3 is 0 Å². The first-order valence-electron chi connectivity index (χ1n) is 7.23. The van der Waals surface area contributed by atoms with Crippen LogP contribution in [0.3, 0.4) is 0 Å². The topological polar surface area (TPSA) is 29.1 Å². The van der Waals surface area contributed by atoms with E-state index in [0.717, 1.165) is 23.2 Å². The third-order valence-corrected chi connectivity index (χ3v) is 3.61. The van der Waals surface area contributed by atoms with Gasteiger partial charge in [-0.15, -0.1) is 0 Å². The van der Waals surface area contributed by atoms with Gasteiger partial charge in [-0.3, -0.25) is 4.79 Å². The summed E-state index contributed by atoms with van der Waals surface area (Å²) >= 11 is 0. The van der Waals surface area contributed by atoms with Crippen LogP contribution < -0.4 is 5.32 Å². The molecule has 0 unspecified atom stereocenters. The van der Waals surface area contributed by atoms with Crippen molar-refractivity contribution in [3.8, 4) is 0 Å². The van der Waals surface area contributed by atoms with Crippen LogP contribution in [0.15, 0.2) is 54.7 Å². The van der Waals surface area contributed by atoms with Gasteiger partial charge in [0.15, 0.2) is 5.78 Å². The van der Waals surface area contributed by atoms with E-state index in [0.29, 0.717) is 0 Å². The van der Waals surface area contributed by atoms with Gasteiger partial charge in [-0.25, -0.2) is 0 Å². The van der Waals surface area contributed by atoms with Gasteiger partial charge in [-0.1, -0.05) is 31.2 Å². The average Bonchev–Trinajstić information content (AvgIpc) is 2.50. The summed E-state index contributed by atoms with van der Waals surface area (Å²) in [6.45, 7) is 6.18. The van der Waals surface area contributed by atoms with Crippen molar-refractivity contribution in [3.05, 3.63) is 77.0 Å². The van der Waals surface area contributed by atoms with Crippen molar-refractivity contribution in [1.29, 1.82) is 0 Å². The van der Waals surface area contributed by atoms with Gasteiger partial charge in [-0.05, 0) is 55.2 Å². The Balaban J connectivity index is 2.03. The number of allylic oxidation sites excluding steroid dienone is 1. The Bertz CT molecular complexity index is 671. The summed E-state index contributed by atoms with van der Waals surface area (Å²) in [4.78, 5) is 12.1. The molecule has 0 aromatic heterocycles. The second-order valence-electron chi connectivity index (χ2n) is 5.19. The minimum Gasteiger partial charge on any atom is -0.362 e. The van der Waals surface area contributed by atoms with Crippen LogP contribution in [0.1, 0.15) is 34.0 Å². The molecule has 0 amide bonds. The smallest absolute Gasteiger partial charge is 0.187 e. The molecule has 108 valence electrons. The van der Waals surface area contributed by atoms with Crippen molar-refractivity contribution in [2.45, 2.75) is 27.2 Å². The number of carbonyl (C=O) groups is 1. The highest BCUT2D eigenvalue weighted by Gasteiger charge is 2.02. The number of nitrogens with one attached hydrogen (secondary N) is 1. The molecule has 2 rings (SSSR count). The van der Waals surface area contributed by atoms with Crippen LogP contribution in [0, 0.1) is 13.8 Å². The molecule has 0 aliphatic heterocycles. The Labute approximate surface area is 126 Å². The molecule has 2 nitrogen and oxygen atoms in total. The molecule has 0 heterocycles. The number of ketones is 1. The number of aryl methyl sites for hydroxylation is 3. The van der Waals surface area contributed by atoms with Crippen LogP contribution in [0.5, 0.6) is 0 Å². The van der Waals surface area contributed by atoms with Gasteiger partial charge in [-0.2, -0.15) is 0 Å². The summed E-state index contributed by atoms with van der Waals surface area (Å²) in [6.07, 6.45) is 4.27. The van der Waals surface area contributed by atoms with E-state index >= 15 is 0 Å². The molecular weight excluding hydrogens is 258 g/mol. The fraction of sp³-hybridized carbons (Fsp3) is 0.211. The molecule has 21 heavy (non-hydrogen) atoms. The number of hydrogen-bond acceptors (Lipinski definition) is 2. The highest BCUT2D eigenvalue weighted by molar-refractivity contribution is 6.04. The molecule has 0 aliphatic carbocycles. The summed E-state index contributed by atoms with van der Waals surface area (Å²) in [5.41, 5.74) is 5.33. The Kier molecular flexibility index (Phi) is 4.94. The summed E-state index contributed by atoms with van der Waals surface area (Å²) in [5, 5.41) is 3.14. The summed E-state index contributed by atoms with van der Waals surface area (Å²) in [7, 11) is 0. The van der Waals surface area contributed by atoms with Crippen LogP contribution in [0.2, 0.25) is 0 Å². The minimum absolute atomic E-state index is 0.0113. The van der Waals surface area contributed by atoms with Crippen molar-refractivity contribution in [1.82, 2.24) is 0 Å². The molecular formula is C19H21NO. The fourth-order valence-electron chi connectivity index (χ4n) is 2.09. The number of rotatable bonds is 5. The predicted molar refractivity (Wildman–Crippen MR) is 88.8 cm³/mol. The van der Waals surface area contributed by atoms with Gasteiger partial charge in [0, 0.05) is 23.5 Å². The molecule has 0 radical (unpaired) electrons. The first-order valence-corrected chi connectivity index (χ1v) is 7.23. The molecule has 0 aliphatic rings. The molecule has 0 saturated heterocycles. The van der Waals surface area contributed by atoms with Crippen molar-refractivity contribution in [2.24, 2.45) is 0 Å². The van der Waals surface area contributed by atoms with Crippen LogP contribution in [-0.4, -0.2) is 5.78 Å². The fourth-order valence-corrected chi connectivity index (χ4v) is 2.09.